The van der Waals surface area contributed by atoms with Gasteiger partial charge in [-0.05, 0) is 31.2 Å². The van der Waals surface area contributed by atoms with E-state index >= 15 is 0 Å². The molecule has 0 saturated carbocycles. The van der Waals surface area contributed by atoms with E-state index in [0.717, 1.165) is 16.8 Å². The number of amides is 1. The van der Waals surface area contributed by atoms with Gasteiger partial charge in [-0.2, -0.15) is 0 Å². The van der Waals surface area contributed by atoms with E-state index in [9.17, 15) is 27.6 Å². The highest BCUT2D eigenvalue weighted by atomic mass is 32.2. The Hall–Kier alpha value is -3.25. The van der Waals surface area contributed by atoms with Crippen molar-refractivity contribution in [2.24, 2.45) is 5.14 Å². The van der Waals surface area contributed by atoms with Gasteiger partial charge in [0, 0.05) is 18.0 Å². The second-order valence-electron chi connectivity index (χ2n) is 5.43. The molecule has 1 unspecified atom stereocenters. The molecular formula is C15H16N4O7S. The minimum absolute atomic E-state index is 0.119. The summed E-state index contributed by atoms with van der Waals surface area (Å²) in [5.41, 5.74) is -1.12. The maximum atomic E-state index is 12.0. The number of nitrogens with zero attached hydrogens (tertiary/aromatic N) is 1. The van der Waals surface area contributed by atoms with Crippen LogP contribution in [0.1, 0.15) is 6.92 Å². The lowest BCUT2D eigenvalue weighted by Crippen LogP contribution is -2.34. The molecule has 2 aromatic rings. The van der Waals surface area contributed by atoms with Crippen LogP contribution in [0.3, 0.4) is 0 Å². The number of benzene rings is 1. The van der Waals surface area contributed by atoms with Crippen LogP contribution < -0.4 is 21.7 Å². The van der Waals surface area contributed by atoms with Crippen molar-refractivity contribution in [1.29, 1.82) is 0 Å². The summed E-state index contributed by atoms with van der Waals surface area (Å²) >= 11 is 0. The molecule has 0 aliphatic rings. The van der Waals surface area contributed by atoms with Crippen molar-refractivity contribution in [3.05, 3.63) is 57.4 Å². The molecule has 0 bridgehead atoms. The van der Waals surface area contributed by atoms with Crippen molar-refractivity contribution in [2.75, 3.05) is 5.32 Å². The number of primary sulfonamides is 1. The minimum atomic E-state index is -3.85. The Balaban J connectivity index is 1.95. The first-order chi connectivity index (χ1) is 12.6. The van der Waals surface area contributed by atoms with Gasteiger partial charge < -0.3 is 10.1 Å². The number of nitrogens with one attached hydrogen (secondary N) is 2. The monoisotopic (exact) mass is 396 g/mol. The van der Waals surface area contributed by atoms with Gasteiger partial charge in [-0.1, -0.05) is 0 Å². The molecule has 1 heterocycles. The number of H-pyrrole nitrogens is 1. The number of carbonyl (C=O) groups excluding carboxylic acids is 2. The average Bonchev–Trinajstić information content (AvgIpc) is 2.57. The van der Waals surface area contributed by atoms with Gasteiger partial charge in [-0.25, -0.2) is 18.4 Å². The predicted molar refractivity (Wildman–Crippen MR) is 93.3 cm³/mol. The highest BCUT2D eigenvalue weighted by Crippen LogP contribution is 2.13. The van der Waals surface area contributed by atoms with Crippen molar-refractivity contribution in [3.8, 4) is 0 Å². The van der Waals surface area contributed by atoms with Crippen molar-refractivity contribution >= 4 is 27.6 Å². The summed E-state index contributed by atoms with van der Waals surface area (Å²) in [5.74, 6) is -1.53. The normalized spacial score (nSPS) is 12.2. The number of nitrogens with two attached hydrogens (primary N) is 1. The van der Waals surface area contributed by atoms with E-state index in [1.165, 1.54) is 31.2 Å². The average molecular weight is 396 g/mol. The summed E-state index contributed by atoms with van der Waals surface area (Å²) < 4.78 is 28.2. The number of carbonyl (C=O) groups is 2. The third-order valence-corrected chi connectivity index (χ3v) is 4.25. The number of aromatic nitrogens is 2. The molecule has 0 saturated heterocycles. The fraction of sp³-hybridized carbons (Fsp3) is 0.200. The Kier molecular flexibility index (Phi) is 5.92. The van der Waals surface area contributed by atoms with E-state index in [1.807, 2.05) is 4.98 Å². The second kappa shape index (κ2) is 7.97. The number of hydrogen-bond acceptors (Lipinski definition) is 7. The van der Waals surface area contributed by atoms with Crippen LogP contribution >= 0.6 is 0 Å². The summed E-state index contributed by atoms with van der Waals surface area (Å²) in [6, 6.07) is 6.14. The molecule has 0 aliphatic heterocycles. The fourth-order valence-electron chi connectivity index (χ4n) is 1.97. The number of esters is 1. The fourth-order valence-corrected chi connectivity index (χ4v) is 2.48. The predicted octanol–water partition coefficient (Wildman–Crippen LogP) is -1.25. The van der Waals surface area contributed by atoms with Gasteiger partial charge in [0.25, 0.3) is 11.5 Å². The number of rotatable bonds is 6. The lowest BCUT2D eigenvalue weighted by molar-refractivity contribution is -0.153. The Morgan fingerprint density at radius 2 is 1.85 bits per heavy atom. The molecule has 1 aromatic heterocycles. The van der Waals surface area contributed by atoms with Crippen LogP contribution in [-0.2, 0) is 30.9 Å². The Morgan fingerprint density at radius 3 is 2.41 bits per heavy atom. The lowest BCUT2D eigenvalue weighted by atomic mass is 10.3. The molecule has 4 N–H and O–H groups in total. The number of hydrogen-bond donors (Lipinski definition) is 3. The molecule has 27 heavy (non-hydrogen) atoms. The molecule has 0 radical (unpaired) electrons. The molecule has 1 aromatic carbocycles. The SMILES string of the molecule is CC(OC(=O)Cn1ccc(=O)[nH]c1=O)C(=O)Nc1ccc(S(N)(=O)=O)cc1. The number of sulfonamides is 1. The molecule has 0 spiro atoms. The van der Waals surface area contributed by atoms with E-state index in [4.69, 9.17) is 9.88 Å². The third-order valence-electron chi connectivity index (χ3n) is 3.32. The van der Waals surface area contributed by atoms with Gasteiger partial charge in [0.1, 0.15) is 6.54 Å². The number of anilines is 1. The van der Waals surface area contributed by atoms with Gasteiger partial charge >= 0.3 is 11.7 Å². The van der Waals surface area contributed by atoms with Gasteiger partial charge in [0.05, 0.1) is 4.90 Å². The summed E-state index contributed by atoms with van der Waals surface area (Å²) in [4.78, 5) is 48.2. The maximum absolute atomic E-state index is 12.0. The molecule has 0 fully saturated rings. The lowest BCUT2D eigenvalue weighted by Gasteiger charge is -2.14. The van der Waals surface area contributed by atoms with Crippen LogP contribution in [0.15, 0.2) is 51.0 Å². The number of aromatic amines is 1. The van der Waals surface area contributed by atoms with Crippen LogP contribution in [-0.4, -0.2) is 35.9 Å². The van der Waals surface area contributed by atoms with Crippen molar-refractivity contribution in [1.82, 2.24) is 9.55 Å². The van der Waals surface area contributed by atoms with Crippen LogP contribution in [0.5, 0.6) is 0 Å². The van der Waals surface area contributed by atoms with Crippen molar-refractivity contribution in [3.63, 3.8) is 0 Å². The van der Waals surface area contributed by atoms with Crippen LogP contribution in [0.25, 0.3) is 0 Å². The molecule has 12 heteroatoms. The molecule has 1 amide bonds. The van der Waals surface area contributed by atoms with E-state index in [1.54, 1.807) is 0 Å². The third kappa shape index (κ3) is 5.62. The summed E-state index contributed by atoms with van der Waals surface area (Å²) in [7, 11) is -3.85. The summed E-state index contributed by atoms with van der Waals surface area (Å²) in [6.45, 7) is 0.831. The Labute approximate surface area is 152 Å². The maximum Gasteiger partial charge on any atom is 0.328 e. The topological polar surface area (TPSA) is 170 Å². The quantitative estimate of drug-likeness (QED) is 0.512. The van der Waals surface area contributed by atoms with Crippen molar-refractivity contribution in [2.45, 2.75) is 24.5 Å². The zero-order valence-corrected chi connectivity index (χ0v) is 14.9. The highest BCUT2D eigenvalue weighted by molar-refractivity contribution is 7.89. The van der Waals surface area contributed by atoms with Crippen LogP contribution in [0, 0.1) is 0 Å². The zero-order chi connectivity index (χ0) is 20.2. The zero-order valence-electron chi connectivity index (χ0n) is 14.0. The van der Waals surface area contributed by atoms with Crippen LogP contribution in [0.2, 0.25) is 0 Å². The first kappa shape index (κ1) is 20.1. The Bertz CT molecular complexity index is 1070. The van der Waals surface area contributed by atoms with E-state index in [0.29, 0.717) is 0 Å². The molecule has 11 nitrogen and oxygen atoms in total. The smallest absolute Gasteiger partial charge is 0.328 e. The van der Waals surface area contributed by atoms with Crippen LogP contribution in [0.4, 0.5) is 5.69 Å². The van der Waals surface area contributed by atoms with Gasteiger partial charge in [0.2, 0.25) is 10.0 Å². The first-order valence-corrected chi connectivity index (χ1v) is 9.04. The second-order valence-corrected chi connectivity index (χ2v) is 6.99. The minimum Gasteiger partial charge on any atom is -0.451 e. The van der Waals surface area contributed by atoms with E-state index in [2.05, 4.69) is 5.32 Å². The first-order valence-electron chi connectivity index (χ1n) is 7.49. The molecule has 0 aliphatic carbocycles. The summed E-state index contributed by atoms with van der Waals surface area (Å²) in [6.07, 6.45) is -0.0610. The Morgan fingerprint density at radius 1 is 1.22 bits per heavy atom. The summed E-state index contributed by atoms with van der Waals surface area (Å²) in [5, 5.41) is 7.42. The van der Waals surface area contributed by atoms with Gasteiger partial charge in [-0.15, -0.1) is 0 Å². The molecule has 144 valence electrons. The number of ether oxygens (including phenoxy) is 1. The molecule has 2 rings (SSSR count). The van der Waals surface area contributed by atoms with Gasteiger partial charge in [-0.3, -0.25) is 23.9 Å². The molecular weight excluding hydrogens is 380 g/mol. The standard InChI is InChI=1S/C15H16N4O7S/c1-9(26-13(21)8-19-7-6-12(20)18-15(19)23)14(22)17-10-2-4-11(5-3-10)27(16,24)25/h2-7,9H,8H2,1H3,(H,17,22)(H2,16,24,25)(H,18,20,23). The van der Waals surface area contributed by atoms with E-state index < -0.39 is 45.8 Å². The van der Waals surface area contributed by atoms with Crippen molar-refractivity contribution < 1.29 is 22.7 Å². The van der Waals surface area contributed by atoms with E-state index in [-0.39, 0.29) is 10.6 Å². The molecule has 1 atom stereocenters. The largest absolute Gasteiger partial charge is 0.451 e. The van der Waals surface area contributed by atoms with Gasteiger partial charge in [0.15, 0.2) is 6.10 Å². The highest BCUT2D eigenvalue weighted by Gasteiger charge is 2.19.